The SMILES string of the molecule is CC[C@H](C(N)=O)N1CC(C=C(Cl)Cl)CC1=O. The first-order valence-electron chi connectivity index (χ1n) is 5.07. The van der Waals surface area contributed by atoms with Crippen LogP contribution in [-0.2, 0) is 9.59 Å². The molecular formula is C10H14Cl2N2O2. The van der Waals surface area contributed by atoms with Gasteiger partial charge in [0, 0.05) is 18.9 Å². The third kappa shape index (κ3) is 3.12. The van der Waals surface area contributed by atoms with E-state index >= 15 is 0 Å². The van der Waals surface area contributed by atoms with Crippen LogP contribution in [0.2, 0.25) is 0 Å². The lowest BCUT2D eigenvalue weighted by molar-refractivity contribution is -0.136. The van der Waals surface area contributed by atoms with E-state index in [9.17, 15) is 9.59 Å². The van der Waals surface area contributed by atoms with E-state index in [1.165, 1.54) is 4.90 Å². The van der Waals surface area contributed by atoms with Crippen molar-refractivity contribution in [2.24, 2.45) is 11.7 Å². The molecule has 1 fully saturated rings. The molecular weight excluding hydrogens is 251 g/mol. The van der Waals surface area contributed by atoms with Crippen molar-refractivity contribution in [1.82, 2.24) is 4.90 Å². The summed E-state index contributed by atoms with van der Waals surface area (Å²) in [6, 6.07) is -0.528. The Kier molecular flexibility index (Phi) is 4.62. The maximum Gasteiger partial charge on any atom is 0.240 e. The van der Waals surface area contributed by atoms with E-state index in [-0.39, 0.29) is 16.3 Å². The predicted octanol–water partition coefficient (Wildman–Crippen LogP) is 1.42. The molecule has 0 radical (unpaired) electrons. The highest BCUT2D eigenvalue weighted by Crippen LogP contribution is 2.25. The first kappa shape index (κ1) is 13.3. The Bertz CT molecular complexity index is 327. The van der Waals surface area contributed by atoms with Crippen LogP contribution in [0, 0.1) is 5.92 Å². The fourth-order valence-electron chi connectivity index (χ4n) is 1.93. The lowest BCUT2D eigenvalue weighted by Crippen LogP contribution is -2.45. The van der Waals surface area contributed by atoms with E-state index < -0.39 is 11.9 Å². The van der Waals surface area contributed by atoms with Gasteiger partial charge in [-0.05, 0) is 12.5 Å². The van der Waals surface area contributed by atoms with Crippen molar-refractivity contribution in [3.05, 3.63) is 10.6 Å². The number of carbonyl (C=O) groups excluding carboxylic acids is 2. The van der Waals surface area contributed by atoms with Gasteiger partial charge >= 0.3 is 0 Å². The third-order valence-electron chi connectivity index (χ3n) is 2.64. The molecule has 0 aromatic carbocycles. The van der Waals surface area contributed by atoms with Crippen molar-refractivity contribution < 1.29 is 9.59 Å². The van der Waals surface area contributed by atoms with E-state index in [0.29, 0.717) is 19.4 Å². The van der Waals surface area contributed by atoms with Gasteiger partial charge in [-0.15, -0.1) is 0 Å². The van der Waals surface area contributed by atoms with Gasteiger partial charge in [-0.1, -0.05) is 30.1 Å². The monoisotopic (exact) mass is 264 g/mol. The number of amides is 2. The summed E-state index contributed by atoms with van der Waals surface area (Å²) in [5.74, 6) is -0.593. The Morgan fingerprint density at radius 1 is 1.69 bits per heavy atom. The molecule has 1 saturated heterocycles. The van der Waals surface area contributed by atoms with Crippen molar-refractivity contribution in [3.8, 4) is 0 Å². The second-order valence-electron chi connectivity index (χ2n) is 3.79. The third-order valence-corrected chi connectivity index (χ3v) is 2.89. The van der Waals surface area contributed by atoms with Crippen molar-refractivity contribution in [2.45, 2.75) is 25.8 Å². The Hall–Kier alpha value is -0.740. The molecule has 0 aliphatic carbocycles. The molecule has 0 saturated carbocycles. The number of carbonyl (C=O) groups is 2. The smallest absolute Gasteiger partial charge is 0.240 e. The first-order valence-corrected chi connectivity index (χ1v) is 5.82. The molecule has 90 valence electrons. The summed E-state index contributed by atoms with van der Waals surface area (Å²) in [5.41, 5.74) is 5.24. The molecule has 0 aromatic heterocycles. The van der Waals surface area contributed by atoms with Crippen LogP contribution in [0.4, 0.5) is 0 Å². The average molecular weight is 265 g/mol. The van der Waals surface area contributed by atoms with Crippen molar-refractivity contribution in [2.75, 3.05) is 6.54 Å². The van der Waals surface area contributed by atoms with Crippen molar-refractivity contribution in [1.29, 1.82) is 0 Å². The van der Waals surface area contributed by atoms with Crippen molar-refractivity contribution >= 4 is 35.0 Å². The van der Waals surface area contributed by atoms with Gasteiger partial charge in [0.25, 0.3) is 0 Å². The zero-order valence-corrected chi connectivity index (χ0v) is 10.5. The molecule has 1 heterocycles. The summed E-state index contributed by atoms with van der Waals surface area (Å²) in [6.07, 6.45) is 2.47. The highest BCUT2D eigenvalue weighted by Gasteiger charge is 2.35. The number of hydrogen-bond donors (Lipinski definition) is 1. The summed E-state index contributed by atoms with van der Waals surface area (Å²) in [4.78, 5) is 24.3. The second-order valence-corrected chi connectivity index (χ2v) is 4.80. The number of hydrogen-bond acceptors (Lipinski definition) is 2. The topological polar surface area (TPSA) is 63.4 Å². The summed E-state index contributed by atoms with van der Waals surface area (Å²) in [5, 5.41) is 0. The Morgan fingerprint density at radius 2 is 2.31 bits per heavy atom. The molecule has 2 atom stereocenters. The molecule has 1 rings (SSSR count). The predicted molar refractivity (Wildman–Crippen MR) is 62.9 cm³/mol. The zero-order valence-electron chi connectivity index (χ0n) is 8.95. The van der Waals surface area contributed by atoms with Gasteiger partial charge in [-0.25, -0.2) is 0 Å². The van der Waals surface area contributed by atoms with Crippen LogP contribution in [0.25, 0.3) is 0 Å². The molecule has 1 aliphatic rings. The molecule has 0 aromatic rings. The van der Waals surface area contributed by atoms with Gasteiger partial charge < -0.3 is 10.6 Å². The standard InChI is InChI=1S/C10H14Cl2N2O2/c1-2-7(10(13)16)14-5-6(3-8(11)12)4-9(14)15/h3,6-7H,2,4-5H2,1H3,(H2,13,16)/t6?,7-/m1/s1. The maximum atomic E-state index is 11.7. The van der Waals surface area contributed by atoms with Gasteiger partial charge in [0.2, 0.25) is 11.8 Å². The largest absolute Gasteiger partial charge is 0.368 e. The number of rotatable bonds is 4. The van der Waals surface area contributed by atoms with E-state index in [1.54, 1.807) is 6.08 Å². The van der Waals surface area contributed by atoms with Crippen LogP contribution < -0.4 is 5.73 Å². The highest BCUT2D eigenvalue weighted by molar-refractivity contribution is 6.55. The summed E-state index contributed by atoms with van der Waals surface area (Å²) >= 11 is 11.1. The number of nitrogens with zero attached hydrogens (tertiary/aromatic N) is 1. The Balaban J connectivity index is 2.74. The fourth-order valence-corrected chi connectivity index (χ4v) is 2.28. The van der Waals surface area contributed by atoms with Gasteiger partial charge in [0.15, 0.2) is 0 Å². The van der Waals surface area contributed by atoms with Crippen LogP contribution >= 0.6 is 23.2 Å². The van der Waals surface area contributed by atoms with Crippen molar-refractivity contribution in [3.63, 3.8) is 0 Å². The average Bonchev–Trinajstić information content (AvgIpc) is 2.46. The lowest BCUT2D eigenvalue weighted by Gasteiger charge is -2.24. The molecule has 6 heteroatoms. The van der Waals surface area contributed by atoms with Gasteiger partial charge in [0.05, 0.1) is 0 Å². The quantitative estimate of drug-likeness (QED) is 0.835. The fraction of sp³-hybridized carbons (Fsp3) is 0.600. The molecule has 16 heavy (non-hydrogen) atoms. The molecule has 0 spiro atoms. The molecule has 2 N–H and O–H groups in total. The minimum Gasteiger partial charge on any atom is -0.368 e. The Morgan fingerprint density at radius 3 is 2.75 bits per heavy atom. The van der Waals surface area contributed by atoms with E-state index in [0.717, 1.165) is 0 Å². The number of halogens is 2. The highest BCUT2D eigenvalue weighted by atomic mass is 35.5. The van der Waals surface area contributed by atoms with E-state index in [4.69, 9.17) is 28.9 Å². The minimum atomic E-state index is -0.528. The lowest BCUT2D eigenvalue weighted by atomic mass is 10.1. The second kappa shape index (κ2) is 5.55. The van der Waals surface area contributed by atoms with E-state index in [1.807, 2.05) is 6.92 Å². The maximum absolute atomic E-state index is 11.7. The molecule has 1 unspecified atom stereocenters. The zero-order chi connectivity index (χ0) is 12.3. The summed E-state index contributed by atoms with van der Waals surface area (Å²) in [7, 11) is 0. The number of nitrogens with two attached hydrogens (primary N) is 1. The molecule has 4 nitrogen and oxygen atoms in total. The normalized spacial score (nSPS) is 22.1. The first-order chi connectivity index (χ1) is 7.45. The van der Waals surface area contributed by atoms with Gasteiger partial charge in [-0.3, -0.25) is 9.59 Å². The van der Waals surface area contributed by atoms with Crippen LogP contribution in [0.15, 0.2) is 10.6 Å². The number of likely N-dealkylation sites (tertiary alicyclic amines) is 1. The minimum absolute atomic E-state index is 0.0362. The Labute approximate surface area is 104 Å². The van der Waals surface area contributed by atoms with Crippen LogP contribution in [0.5, 0.6) is 0 Å². The van der Waals surface area contributed by atoms with E-state index in [2.05, 4.69) is 0 Å². The number of primary amides is 1. The molecule has 1 aliphatic heterocycles. The molecule has 0 bridgehead atoms. The summed E-state index contributed by atoms with van der Waals surface area (Å²) < 4.78 is 0.145. The molecule has 2 amide bonds. The van der Waals surface area contributed by atoms with Crippen LogP contribution in [-0.4, -0.2) is 29.3 Å². The van der Waals surface area contributed by atoms with Crippen LogP contribution in [0.1, 0.15) is 19.8 Å². The van der Waals surface area contributed by atoms with Gasteiger partial charge in [0.1, 0.15) is 10.5 Å². The van der Waals surface area contributed by atoms with Crippen LogP contribution in [0.3, 0.4) is 0 Å². The summed E-state index contributed by atoms with van der Waals surface area (Å²) in [6.45, 7) is 2.27. The van der Waals surface area contributed by atoms with Gasteiger partial charge in [-0.2, -0.15) is 0 Å².